The zero-order valence-electron chi connectivity index (χ0n) is 13.7. The summed E-state index contributed by atoms with van der Waals surface area (Å²) in [6.45, 7) is 0.798. The number of nitrogens with zero attached hydrogens (tertiary/aromatic N) is 5. The second-order valence-electron chi connectivity index (χ2n) is 6.28. The molecule has 0 aliphatic heterocycles. The van der Waals surface area contributed by atoms with E-state index in [0.717, 1.165) is 12.2 Å². The van der Waals surface area contributed by atoms with E-state index in [1.54, 1.807) is 25.4 Å². The van der Waals surface area contributed by atoms with Gasteiger partial charge in [0.2, 0.25) is 0 Å². The highest BCUT2D eigenvalue weighted by atomic mass is 16.4. The van der Waals surface area contributed by atoms with Crippen molar-refractivity contribution in [3.05, 3.63) is 52.7 Å². The van der Waals surface area contributed by atoms with E-state index < -0.39 is 5.97 Å². The fourth-order valence-electron chi connectivity index (χ4n) is 2.80. The molecule has 0 unspecified atom stereocenters. The number of carbonyl (C=O) groups is 1. The van der Waals surface area contributed by atoms with E-state index >= 15 is 0 Å². The summed E-state index contributed by atoms with van der Waals surface area (Å²) < 4.78 is 2.78. The molecule has 0 amide bonds. The minimum atomic E-state index is -0.998. The molecule has 0 atom stereocenters. The number of fused-ring (bicyclic) bond motifs is 1. The molecular weight excluding hydrogens is 322 g/mol. The number of carboxylic acid groups (broad SMARTS) is 1. The third kappa shape index (κ3) is 2.86. The van der Waals surface area contributed by atoms with E-state index in [1.807, 2.05) is 17.0 Å². The number of pyridine rings is 2. The minimum Gasteiger partial charge on any atom is -0.478 e. The predicted octanol–water partition coefficient (Wildman–Crippen LogP) is 1.67. The smallest absolute Gasteiger partial charge is 0.350 e. The van der Waals surface area contributed by atoms with Gasteiger partial charge in [0.15, 0.2) is 5.65 Å². The van der Waals surface area contributed by atoms with Crippen LogP contribution in [0.2, 0.25) is 0 Å². The van der Waals surface area contributed by atoms with Gasteiger partial charge in [-0.1, -0.05) is 0 Å². The summed E-state index contributed by atoms with van der Waals surface area (Å²) in [5, 5.41) is 13.3. The minimum absolute atomic E-state index is 0.154. The van der Waals surface area contributed by atoms with Gasteiger partial charge in [0.05, 0.1) is 5.56 Å². The number of hydrogen-bond donors (Lipinski definition) is 1. The van der Waals surface area contributed by atoms with Crippen molar-refractivity contribution in [3.8, 4) is 0 Å². The summed E-state index contributed by atoms with van der Waals surface area (Å²) in [7, 11) is 1.61. The standard InChI is InChI=1S/C17H17N5O3/c1-20-17(25)21-7-6-13(8-15(21)19-20)22(10-11-2-3-11)14-5-4-12(9-18-14)16(23)24/h4-9,11H,2-3,10H2,1H3,(H,23,24). The molecule has 3 aromatic rings. The molecule has 1 aliphatic rings. The molecule has 0 saturated heterocycles. The molecular formula is C17H17N5O3. The van der Waals surface area contributed by atoms with Gasteiger partial charge in [-0.2, -0.15) is 5.10 Å². The molecule has 0 bridgehead atoms. The fraction of sp³-hybridized carbons (Fsp3) is 0.294. The lowest BCUT2D eigenvalue weighted by atomic mass is 10.2. The number of anilines is 2. The Kier molecular flexibility index (Phi) is 3.52. The van der Waals surface area contributed by atoms with Crippen molar-refractivity contribution in [2.45, 2.75) is 12.8 Å². The normalized spacial score (nSPS) is 14.0. The number of aromatic nitrogens is 4. The van der Waals surface area contributed by atoms with Crippen LogP contribution in [-0.2, 0) is 7.05 Å². The largest absolute Gasteiger partial charge is 0.478 e. The van der Waals surface area contributed by atoms with Crippen LogP contribution in [-0.4, -0.2) is 36.8 Å². The molecule has 4 rings (SSSR count). The molecule has 0 aromatic carbocycles. The van der Waals surface area contributed by atoms with Gasteiger partial charge in [-0.3, -0.25) is 4.40 Å². The molecule has 0 radical (unpaired) electrons. The van der Waals surface area contributed by atoms with Crippen LogP contribution in [0.15, 0.2) is 41.5 Å². The SMILES string of the molecule is Cn1nc2cc(N(CC3CC3)c3ccc(C(=O)O)cn3)ccn2c1=O. The van der Waals surface area contributed by atoms with Crippen molar-refractivity contribution >= 4 is 23.1 Å². The summed E-state index contributed by atoms with van der Waals surface area (Å²) in [6.07, 6.45) is 5.41. The van der Waals surface area contributed by atoms with Crippen LogP contribution >= 0.6 is 0 Å². The quantitative estimate of drug-likeness (QED) is 0.760. The lowest BCUT2D eigenvalue weighted by Crippen LogP contribution is -2.22. The molecule has 128 valence electrons. The maximum absolute atomic E-state index is 12.0. The van der Waals surface area contributed by atoms with Crippen molar-refractivity contribution in [2.75, 3.05) is 11.4 Å². The highest BCUT2D eigenvalue weighted by Crippen LogP contribution is 2.34. The van der Waals surface area contributed by atoms with E-state index in [1.165, 1.54) is 28.1 Å². The van der Waals surface area contributed by atoms with Crippen LogP contribution in [0.1, 0.15) is 23.2 Å². The molecule has 8 heteroatoms. The highest BCUT2D eigenvalue weighted by molar-refractivity contribution is 5.87. The van der Waals surface area contributed by atoms with Gasteiger partial charge < -0.3 is 10.0 Å². The zero-order chi connectivity index (χ0) is 17.6. The average Bonchev–Trinajstić information content (AvgIpc) is 3.38. The summed E-state index contributed by atoms with van der Waals surface area (Å²) in [4.78, 5) is 29.3. The van der Waals surface area contributed by atoms with E-state index in [9.17, 15) is 9.59 Å². The maximum Gasteiger partial charge on any atom is 0.350 e. The van der Waals surface area contributed by atoms with Gasteiger partial charge in [0.25, 0.3) is 0 Å². The van der Waals surface area contributed by atoms with Crippen molar-refractivity contribution in [1.29, 1.82) is 0 Å². The third-order valence-electron chi connectivity index (χ3n) is 4.37. The van der Waals surface area contributed by atoms with E-state index in [2.05, 4.69) is 10.1 Å². The Labute approximate surface area is 143 Å². The molecule has 8 nitrogen and oxygen atoms in total. The first kappa shape index (κ1) is 15.4. The van der Waals surface area contributed by atoms with E-state index in [4.69, 9.17) is 5.11 Å². The fourth-order valence-corrected chi connectivity index (χ4v) is 2.80. The van der Waals surface area contributed by atoms with Crippen LogP contribution in [0, 0.1) is 5.92 Å². The molecule has 3 aromatic heterocycles. The van der Waals surface area contributed by atoms with Crippen LogP contribution in [0.5, 0.6) is 0 Å². The topological polar surface area (TPSA) is 92.7 Å². The van der Waals surface area contributed by atoms with Gasteiger partial charge in [0, 0.05) is 37.7 Å². The number of hydrogen-bond acceptors (Lipinski definition) is 5. The first-order valence-corrected chi connectivity index (χ1v) is 8.05. The van der Waals surface area contributed by atoms with Gasteiger partial charge in [0.1, 0.15) is 5.82 Å². The van der Waals surface area contributed by atoms with E-state index in [-0.39, 0.29) is 11.3 Å². The van der Waals surface area contributed by atoms with Gasteiger partial charge in [-0.05, 0) is 37.0 Å². The molecule has 1 saturated carbocycles. The number of aryl methyl sites for hydroxylation is 1. The van der Waals surface area contributed by atoms with E-state index in [0.29, 0.717) is 17.4 Å². The Bertz CT molecular complexity index is 1000. The van der Waals surface area contributed by atoms with Gasteiger partial charge in [-0.25, -0.2) is 19.3 Å². The van der Waals surface area contributed by atoms with Crippen LogP contribution in [0.4, 0.5) is 11.5 Å². The predicted molar refractivity (Wildman–Crippen MR) is 91.4 cm³/mol. The molecule has 1 N–H and O–H groups in total. The van der Waals surface area contributed by atoms with Crippen molar-refractivity contribution in [3.63, 3.8) is 0 Å². The Hall–Kier alpha value is -3.16. The van der Waals surface area contributed by atoms with Crippen molar-refractivity contribution < 1.29 is 9.90 Å². The Balaban J connectivity index is 1.75. The Morgan fingerprint density at radius 1 is 1.36 bits per heavy atom. The van der Waals surface area contributed by atoms with Crippen molar-refractivity contribution in [1.82, 2.24) is 19.2 Å². The first-order valence-electron chi connectivity index (χ1n) is 8.05. The summed E-state index contributed by atoms with van der Waals surface area (Å²) in [5.41, 5.74) is 1.40. The summed E-state index contributed by atoms with van der Waals surface area (Å²) in [5.74, 6) is 0.282. The number of rotatable bonds is 5. The van der Waals surface area contributed by atoms with Gasteiger partial charge >= 0.3 is 11.7 Å². The zero-order valence-corrected chi connectivity index (χ0v) is 13.7. The molecule has 1 fully saturated rings. The second-order valence-corrected chi connectivity index (χ2v) is 6.28. The molecule has 1 aliphatic carbocycles. The second kappa shape index (κ2) is 5.73. The maximum atomic E-state index is 12.0. The summed E-state index contributed by atoms with van der Waals surface area (Å²) in [6, 6.07) is 6.96. The van der Waals surface area contributed by atoms with Crippen LogP contribution < -0.4 is 10.6 Å². The lowest BCUT2D eigenvalue weighted by molar-refractivity contribution is 0.0696. The number of carboxylic acids is 1. The first-order chi connectivity index (χ1) is 12.0. The summed E-state index contributed by atoms with van der Waals surface area (Å²) >= 11 is 0. The van der Waals surface area contributed by atoms with Gasteiger partial charge in [-0.15, -0.1) is 0 Å². The lowest BCUT2D eigenvalue weighted by Gasteiger charge is -2.24. The Morgan fingerprint density at radius 3 is 2.80 bits per heavy atom. The molecule has 0 spiro atoms. The van der Waals surface area contributed by atoms with Crippen LogP contribution in [0.3, 0.4) is 0 Å². The molecule has 25 heavy (non-hydrogen) atoms. The number of aromatic carboxylic acids is 1. The van der Waals surface area contributed by atoms with Crippen LogP contribution in [0.25, 0.3) is 5.65 Å². The Morgan fingerprint density at radius 2 is 2.16 bits per heavy atom. The van der Waals surface area contributed by atoms with Crippen molar-refractivity contribution in [2.24, 2.45) is 13.0 Å². The average molecular weight is 339 g/mol. The third-order valence-corrected chi connectivity index (χ3v) is 4.37. The monoisotopic (exact) mass is 339 g/mol. The highest BCUT2D eigenvalue weighted by Gasteiger charge is 2.26. The molecule has 3 heterocycles.